The van der Waals surface area contributed by atoms with Gasteiger partial charge < -0.3 is 9.64 Å². The molecular weight excluding hydrogens is 283 g/mol. The van der Waals surface area contributed by atoms with Crippen LogP contribution in [-0.4, -0.2) is 35.2 Å². The SMILES string of the molecule is COc1nc(N2CCC3CC3CC2)c2cnc(C)c(F)c2n1. The second kappa shape index (κ2) is 5.04. The summed E-state index contributed by atoms with van der Waals surface area (Å²) in [6.45, 7) is 3.54. The van der Waals surface area contributed by atoms with Gasteiger partial charge in [-0.05, 0) is 38.0 Å². The normalized spacial score (nSPS) is 24.0. The second-order valence-corrected chi connectivity index (χ2v) is 6.27. The van der Waals surface area contributed by atoms with Crippen LogP contribution in [0.3, 0.4) is 0 Å². The van der Waals surface area contributed by atoms with Crippen molar-refractivity contribution < 1.29 is 9.13 Å². The summed E-state index contributed by atoms with van der Waals surface area (Å²) in [7, 11) is 1.51. The molecule has 0 amide bonds. The van der Waals surface area contributed by atoms with E-state index in [1.165, 1.54) is 26.4 Å². The fourth-order valence-corrected chi connectivity index (χ4v) is 3.43. The lowest BCUT2D eigenvalue weighted by atomic mass is 10.2. The van der Waals surface area contributed by atoms with Gasteiger partial charge in [-0.2, -0.15) is 9.97 Å². The predicted molar refractivity (Wildman–Crippen MR) is 81.6 cm³/mol. The fourth-order valence-electron chi connectivity index (χ4n) is 3.43. The summed E-state index contributed by atoms with van der Waals surface area (Å²) >= 11 is 0. The number of methoxy groups -OCH3 is 1. The summed E-state index contributed by atoms with van der Waals surface area (Å²) in [5, 5.41) is 0.666. The number of halogens is 1. The predicted octanol–water partition coefficient (Wildman–Crippen LogP) is 2.72. The maximum Gasteiger partial charge on any atom is 0.318 e. The molecule has 2 unspecified atom stereocenters. The van der Waals surface area contributed by atoms with Crippen molar-refractivity contribution in [3.63, 3.8) is 0 Å². The summed E-state index contributed by atoms with van der Waals surface area (Å²) in [5.74, 6) is 2.10. The molecule has 2 aliphatic rings. The highest BCUT2D eigenvalue weighted by Crippen LogP contribution is 2.46. The molecule has 116 valence electrons. The van der Waals surface area contributed by atoms with Crippen molar-refractivity contribution in [1.29, 1.82) is 0 Å². The second-order valence-electron chi connectivity index (χ2n) is 6.27. The standard InChI is InChI=1S/C16H19FN4O/c1-9-13(17)14-12(8-18-9)15(20-16(19-14)22-2)21-5-3-10-7-11(10)4-6-21/h8,10-11H,3-7H2,1-2H3. The first-order chi connectivity index (χ1) is 10.7. The Bertz CT molecular complexity index is 724. The summed E-state index contributed by atoms with van der Waals surface area (Å²) < 4.78 is 19.6. The maximum atomic E-state index is 14.4. The molecule has 2 atom stereocenters. The number of aryl methyl sites for hydroxylation is 1. The minimum absolute atomic E-state index is 0.210. The van der Waals surface area contributed by atoms with E-state index in [4.69, 9.17) is 4.74 Å². The topological polar surface area (TPSA) is 51.1 Å². The molecule has 1 saturated heterocycles. The van der Waals surface area contributed by atoms with Gasteiger partial charge in [0, 0.05) is 19.3 Å². The summed E-state index contributed by atoms with van der Waals surface area (Å²) in [5.41, 5.74) is 0.639. The summed E-state index contributed by atoms with van der Waals surface area (Å²) in [6, 6.07) is 0.210. The molecule has 0 N–H and O–H groups in total. The van der Waals surface area contributed by atoms with Gasteiger partial charge in [-0.15, -0.1) is 0 Å². The fraction of sp³-hybridized carbons (Fsp3) is 0.562. The Morgan fingerprint density at radius 1 is 1.23 bits per heavy atom. The first-order valence-corrected chi connectivity index (χ1v) is 7.79. The molecule has 1 saturated carbocycles. The van der Waals surface area contributed by atoms with E-state index in [2.05, 4.69) is 19.9 Å². The third-order valence-electron chi connectivity index (χ3n) is 4.91. The lowest BCUT2D eigenvalue weighted by Gasteiger charge is -2.23. The maximum absolute atomic E-state index is 14.4. The first-order valence-electron chi connectivity index (χ1n) is 7.79. The molecule has 2 fully saturated rings. The van der Waals surface area contributed by atoms with E-state index >= 15 is 0 Å². The molecule has 2 aromatic rings. The van der Waals surface area contributed by atoms with Crippen LogP contribution in [0, 0.1) is 24.6 Å². The Balaban J connectivity index is 1.82. The molecule has 0 spiro atoms. The quantitative estimate of drug-likeness (QED) is 0.853. The molecule has 0 aromatic carbocycles. The van der Waals surface area contributed by atoms with Crippen molar-refractivity contribution >= 4 is 16.7 Å². The van der Waals surface area contributed by atoms with Gasteiger partial charge in [-0.1, -0.05) is 0 Å². The van der Waals surface area contributed by atoms with Gasteiger partial charge in [0.1, 0.15) is 11.3 Å². The largest absolute Gasteiger partial charge is 0.467 e. The Morgan fingerprint density at radius 2 is 1.95 bits per heavy atom. The van der Waals surface area contributed by atoms with Crippen LogP contribution in [0.2, 0.25) is 0 Å². The Morgan fingerprint density at radius 3 is 2.64 bits per heavy atom. The smallest absolute Gasteiger partial charge is 0.318 e. The highest BCUT2D eigenvalue weighted by Gasteiger charge is 2.39. The average molecular weight is 302 g/mol. The van der Waals surface area contributed by atoms with Crippen molar-refractivity contribution in [2.24, 2.45) is 11.8 Å². The number of hydrogen-bond acceptors (Lipinski definition) is 5. The molecule has 0 radical (unpaired) electrons. The zero-order valence-corrected chi connectivity index (χ0v) is 12.8. The van der Waals surface area contributed by atoms with Crippen LogP contribution in [0.4, 0.5) is 10.2 Å². The van der Waals surface area contributed by atoms with E-state index in [9.17, 15) is 4.39 Å². The summed E-state index contributed by atoms with van der Waals surface area (Å²) in [6.07, 6.45) is 5.41. The molecule has 1 aliphatic carbocycles. The number of fused-ring (bicyclic) bond motifs is 2. The third-order valence-corrected chi connectivity index (χ3v) is 4.91. The number of pyridine rings is 1. The molecule has 4 rings (SSSR count). The van der Waals surface area contributed by atoms with Crippen LogP contribution in [0.1, 0.15) is 25.0 Å². The van der Waals surface area contributed by atoms with Crippen LogP contribution in [-0.2, 0) is 0 Å². The van der Waals surface area contributed by atoms with E-state index in [0.29, 0.717) is 16.6 Å². The van der Waals surface area contributed by atoms with Gasteiger partial charge in [0.15, 0.2) is 5.82 Å². The monoisotopic (exact) mass is 302 g/mol. The van der Waals surface area contributed by atoms with Gasteiger partial charge in [0.25, 0.3) is 0 Å². The molecule has 1 aliphatic heterocycles. The van der Waals surface area contributed by atoms with Gasteiger partial charge in [0.2, 0.25) is 0 Å². The number of aromatic nitrogens is 3. The minimum atomic E-state index is -0.392. The molecule has 3 heterocycles. The molecule has 2 aromatic heterocycles. The van der Waals surface area contributed by atoms with Crippen molar-refractivity contribution in [3.8, 4) is 6.01 Å². The molecular formula is C16H19FN4O. The van der Waals surface area contributed by atoms with Gasteiger partial charge in [-0.25, -0.2) is 4.39 Å². The number of ether oxygens (including phenoxy) is 1. The van der Waals surface area contributed by atoms with Crippen molar-refractivity contribution in [3.05, 3.63) is 17.7 Å². The Labute approximate surface area is 128 Å². The van der Waals surface area contributed by atoms with Crippen LogP contribution >= 0.6 is 0 Å². The number of hydrogen-bond donors (Lipinski definition) is 0. The first kappa shape index (κ1) is 13.7. The number of anilines is 1. The molecule has 5 nitrogen and oxygen atoms in total. The lowest BCUT2D eigenvalue weighted by Crippen LogP contribution is -2.26. The number of nitrogens with zero attached hydrogens (tertiary/aromatic N) is 4. The van der Waals surface area contributed by atoms with Crippen LogP contribution in [0.5, 0.6) is 6.01 Å². The van der Waals surface area contributed by atoms with Crippen LogP contribution < -0.4 is 9.64 Å². The van der Waals surface area contributed by atoms with Crippen molar-refractivity contribution in [2.45, 2.75) is 26.2 Å². The highest BCUT2D eigenvalue weighted by molar-refractivity contribution is 5.89. The zero-order valence-electron chi connectivity index (χ0n) is 12.8. The third kappa shape index (κ3) is 2.17. The van der Waals surface area contributed by atoms with Crippen LogP contribution in [0.15, 0.2) is 6.20 Å². The zero-order chi connectivity index (χ0) is 15.3. The van der Waals surface area contributed by atoms with Crippen molar-refractivity contribution in [1.82, 2.24) is 15.0 Å². The van der Waals surface area contributed by atoms with E-state index in [0.717, 1.165) is 30.7 Å². The van der Waals surface area contributed by atoms with Crippen molar-refractivity contribution in [2.75, 3.05) is 25.1 Å². The molecule has 6 heteroatoms. The van der Waals surface area contributed by atoms with Gasteiger partial charge >= 0.3 is 6.01 Å². The average Bonchev–Trinajstić information content (AvgIpc) is 3.29. The van der Waals surface area contributed by atoms with Gasteiger partial charge in [0.05, 0.1) is 18.2 Å². The Hall–Kier alpha value is -1.98. The minimum Gasteiger partial charge on any atom is -0.467 e. The highest BCUT2D eigenvalue weighted by atomic mass is 19.1. The lowest BCUT2D eigenvalue weighted by molar-refractivity contribution is 0.381. The molecule has 0 bridgehead atoms. The van der Waals surface area contributed by atoms with E-state index in [1.54, 1.807) is 13.1 Å². The van der Waals surface area contributed by atoms with E-state index < -0.39 is 5.82 Å². The molecule has 22 heavy (non-hydrogen) atoms. The van der Waals surface area contributed by atoms with Crippen LogP contribution in [0.25, 0.3) is 10.9 Å². The number of rotatable bonds is 2. The van der Waals surface area contributed by atoms with E-state index in [-0.39, 0.29) is 6.01 Å². The summed E-state index contributed by atoms with van der Waals surface area (Å²) in [4.78, 5) is 15.0. The Kier molecular flexibility index (Phi) is 3.13. The van der Waals surface area contributed by atoms with Gasteiger partial charge in [-0.3, -0.25) is 4.98 Å². The van der Waals surface area contributed by atoms with E-state index in [1.807, 2.05) is 0 Å².